The van der Waals surface area contributed by atoms with Crippen LogP contribution < -0.4 is 4.90 Å². The number of amides is 4. The fraction of sp³-hybridized carbons (Fsp3) is 0.190. The van der Waals surface area contributed by atoms with Gasteiger partial charge in [-0.05, 0) is 30.3 Å². The first-order chi connectivity index (χ1) is 15.2. The van der Waals surface area contributed by atoms with E-state index in [9.17, 15) is 24.3 Å². The van der Waals surface area contributed by atoms with E-state index in [0.717, 1.165) is 24.9 Å². The predicted octanol–water partition coefficient (Wildman–Crippen LogP) is 2.67. The molecule has 3 heterocycles. The normalized spacial score (nSPS) is 20.2. The molecule has 5 rings (SSSR count). The number of anilines is 1. The second-order valence-corrected chi connectivity index (χ2v) is 9.02. The minimum absolute atomic E-state index is 0.106. The number of hydrogen-bond donors (Lipinski definition) is 1. The van der Waals surface area contributed by atoms with Gasteiger partial charge in [-0.1, -0.05) is 23.7 Å². The first-order valence-corrected chi connectivity index (χ1v) is 10.7. The number of carboxylic acids is 1. The molecular weight excluding hydrogens is 456 g/mol. The Kier molecular flexibility index (Phi) is 4.47. The van der Waals surface area contributed by atoms with Crippen LogP contribution in [0.5, 0.6) is 0 Å². The maximum Gasteiger partial charge on any atom is 0.328 e. The highest BCUT2D eigenvalue weighted by molar-refractivity contribution is 7.18. The van der Waals surface area contributed by atoms with Gasteiger partial charge in [-0.3, -0.25) is 24.2 Å². The molecule has 1 spiro atoms. The highest BCUT2D eigenvalue weighted by Crippen LogP contribution is 2.49. The van der Waals surface area contributed by atoms with Gasteiger partial charge in [0.25, 0.3) is 11.8 Å². The molecule has 0 saturated carbocycles. The molecule has 1 saturated heterocycles. The number of carboxylic acid groups (broad SMARTS) is 1. The van der Waals surface area contributed by atoms with Crippen LogP contribution in [0, 0.1) is 0 Å². The summed E-state index contributed by atoms with van der Waals surface area (Å²) in [6.45, 7) is -0.756. The number of hydrogen-bond acceptors (Lipinski definition) is 6. The molecule has 0 unspecified atom stereocenters. The lowest BCUT2D eigenvalue weighted by Crippen LogP contribution is -2.53. The van der Waals surface area contributed by atoms with Crippen LogP contribution in [0.15, 0.2) is 42.5 Å². The third kappa shape index (κ3) is 2.66. The molecule has 0 radical (unpaired) electrons. The summed E-state index contributed by atoms with van der Waals surface area (Å²) in [7, 11) is 1.35. The average Bonchev–Trinajstić information content (AvgIpc) is 3.32. The molecule has 0 aliphatic carbocycles. The van der Waals surface area contributed by atoms with E-state index in [4.69, 9.17) is 11.6 Å². The molecule has 1 atom stereocenters. The van der Waals surface area contributed by atoms with Crippen LogP contribution in [0.4, 0.5) is 10.5 Å². The SMILES string of the molecule is CN1C(=O)N(Cc2nc3ccccc3s2)C(=O)[C@@]12C(=O)N(CC(=O)O)c1ccc(Cl)cc12. The van der Waals surface area contributed by atoms with Gasteiger partial charge in [-0.2, -0.15) is 0 Å². The minimum Gasteiger partial charge on any atom is -0.480 e. The molecule has 1 aromatic heterocycles. The Morgan fingerprint density at radius 1 is 1.12 bits per heavy atom. The van der Waals surface area contributed by atoms with Crippen molar-refractivity contribution in [3.8, 4) is 0 Å². The van der Waals surface area contributed by atoms with Gasteiger partial charge in [0.15, 0.2) is 0 Å². The van der Waals surface area contributed by atoms with Crippen LogP contribution in [0.25, 0.3) is 10.2 Å². The Morgan fingerprint density at radius 3 is 2.56 bits per heavy atom. The van der Waals surface area contributed by atoms with Gasteiger partial charge in [0.1, 0.15) is 11.6 Å². The van der Waals surface area contributed by atoms with E-state index >= 15 is 0 Å². The largest absolute Gasteiger partial charge is 0.480 e. The zero-order chi connectivity index (χ0) is 22.8. The van der Waals surface area contributed by atoms with Gasteiger partial charge in [-0.15, -0.1) is 11.3 Å². The van der Waals surface area contributed by atoms with Crippen LogP contribution in [-0.2, 0) is 26.5 Å². The number of benzene rings is 2. The molecule has 11 heteroatoms. The van der Waals surface area contributed by atoms with Crippen molar-refractivity contribution in [2.75, 3.05) is 18.5 Å². The van der Waals surface area contributed by atoms with E-state index in [0.29, 0.717) is 5.01 Å². The molecule has 2 aromatic carbocycles. The molecule has 1 fully saturated rings. The lowest BCUT2D eigenvalue weighted by molar-refractivity contribution is -0.143. The van der Waals surface area contributed by atoms with Crippen LogP contribution in [0.2, 0.25) is 5.02 Å². The molecule has 4 amide bonds. The van der Waals surface area contributed by atoms with Gasteiger partial charge >= 0.3 is 12.0 Å². The number of imide groups is 1. The fourth-order valence-corrected chi connectivity index (χ4v) is 5.42. The van der Waals surface area contributed by atoms with E-state index in [-0.39, 0.29) is 22.8 Å². The number of urea groups is 1. The van der Waals surface area contributed by atoms with Crippen LogP contribution >= 0.6 is 22.9 Å². The van der Waals surface area contributed by atoms with E-state index in [1.165, 1.54) is 36.6 Å². The van der Waals surface area contributed by atoms with Crippen LogP contribution in [0.3, 0.4) is 0 Å². The Bertz CT molecular complexity index is 1310. The molecule has 2 aliphatic heterocycles. The van der Waals surface area contributed by atoms with Crippen molar-refractivity contribution in [1.29, 1.82) is 0 Å². The number of nitrogens with zero attached hydrogens (tertiary/aromatic N) is 4. The maximum absolute atomic E-state index is 13.7. The number of halogens is 1. The second-order valence-electron chi connectivity index (χ2n) is 7.47. The molecule has 1 N–H and O–H groups in total. The van der Waals surface area contributed by atoms with Gasteiger partial charge in [0.2, 0.25) is 5.54 Å². The number of aliphatic carboxylic acids is 1. The third-order valence-corrected chi connectivity index (χ3v) is 6.95. The lowest BCUT2D eigenvalue weighted by atomic mass is 9.90. The summed E-state index contributed by atoms with van der Waals surface area (Å²) in [5.74, 6) is -2.81. The number of fused-ring (bicyclic) bond motifs is 3. The number of aromatic nitrogens is 1. The van der Waals surface area contributed by atoms with Gasteiger partial charge in [0, 0.05) is 17.6 Å². The molecule has 162 valence electrons. The highest BCUT2D eigenvalue weighted by Gasteiger charge is 2.67. The number of para-hydroxylation sites is 1. The van der Waals surface area contributed by atoms with E-state index in [1.54, 1.807) is 0 Å². The Morgan fingerprint density at radius 2 is 1.84 bits per heavy atom. The fourth-order valence-electron chi connectivity index (χ4n) is 4.29. The average molecular weight is 471 g/mol. The predicted molar refractivity (Wildman–Crippen MR) is 116 cm³/mol. The van der Waals surface area contributed by atoms with E-state index in [2.05, 4.69) is 4.98 Å². The monoisotopic (exact) mass is 470 g/mol. The zero-order valence-corrected chi connectivity index (χ0v) is 18.2. The highest BCUT2D eigenvalue weighted by atomic mass is 35.5. The van der Waals surface area contributed by atoms with Crippen molar-refractivity contribution in [3.05, 3.63) is 58.1 Å². The van der Waals surface area contributed by atoms with Crippen molar-refractivity contribution in [2.24, 2.45) is 0 Å². The Balaban J connectivity index is 1.60. The van der Waals surface area contributed by atoms with E-state index < -0.39 is 35.9 Å². The molecular formula is C21H15ClN4O5S. The Labute approximate surface area is 190 Å². The van der Waals surface area contributed by atoms with Gasteiger partial charge in [-0.25, -0.2) is 9.78 Å². The summed E-state index contributed by atoms with van der Waals surface area (Å²) in [6, 6.07) is 11.2. The van der Waals surface area contributed by atoms with Crippen molar-refractivity contribution < 1.29 is 24.3 Å². The Hall–Kier alpha value is -3.50. The first-order valence-electron chi connectivity index (χ1n) is 9.53. The topological polar surface area (TPSA) is 111 Å². The maximum atomic E-state index is 13.7. The lowest BCUT2D eigenvalue weighted by Gasteiger charge is -2.27. The summed E-state index contributed by atoms with van der Waals surface area (Å²) in [5, 5.41) is 10.1. The van der Waals surface area contributed by atoms with Crippen LogP contribution in [0.1, 0.15) is 10.6 Å². The number of carbonyl (C=O) groups is 4. The molecule has 32 heavy (non-hydrogen) atoms. The summed E-state index contributed by atoms with van der Waals surface area (Å²) in [4.78, 5) is 59.2. The second kappa shape index (κ2) is 7.01. The summed E-state index contributed by atoms with van der Waals surface area (Å²) < 4.78 is 0.909. The number of likely N-dealkylation sites (N-methyl/N-ethyl adjacent to an activating group) is 1. The molecule has 9 nitrogen and oxygen atoms in total. The van der Waals surface area contributed by atoms with Gasteiger partial charge < -0.3 is 10.0 Å². The third-order valence-electron chi connectivity index (χ3n) is 5.69. The number of thiazole rings is 1. The number of carbonyl (C=O) groups excluding carboxylic acids is 3. The van der Waals surface area contributed by atoms with Crippen molar-refractivity contribution in [2.45, 2.75) is 12.1 Å². The van der Waals surface area contributed by atoms with E-state index in [1.807, 2.05) is 24.3 Å². The van der Waals surface area contributed by atoms with Gasteiger partial charge in [0.05, 0.1) is 22.4 Å². The summed E-state index contributed by atoms with van der Waals surface area (Å²) in [5.41, 5.74) is -0.847. The van der Waals surface area contributed by atoms with Crippen molar-refractivity contribution >= 4 is 62.7 Å². The minimum atomic E-state index is -2.01. The molecule has 2 aliphatic rings. The first kappa shape index (κ1) is 20.4. The van der Waals surface area contributed by atoms with Crippen LogP contribution in [-0.4, -0.2) is 57.3 Å². The standard InChI is InChI=1S/C21H15ClN4O5S/c1-24-20(31)26(9-16-23-13-4-2-3-5-15(13)32-16)19(30)21(24)12-8-11(22)6-7-14(12)25(18(21)29)10-17(27)28/h2-8H,9-10H2,1H3,(H,27,28)/t21-/m1/s1. The summed E-state index contributed by atoms with van der Waals surface area (Å²) in [6.07, 6.45) is 0. The van der Waals surface area contributed by atoms with Crippen molar-refractivity contribution in [3.63, 3.8) is 0 Å². The smallest absolute Gasteiger partial charge is 0.328 e. The zero-order valence-electron chi connectivity index (χ0n) is 16.6. The quantitative estimate of drug-likeness (QED) is 0.463. The number of rotatable bonds is 4. The molecule has 0 bridgehead atoms. The molecule has 3 aromatic rings. The summed E-state index contributed by atoms with van der Waals surface area (Å²) >= 11 is 7.49. The van der Waals surface area contributed by atoms with Crippen molar-refractivity contribution in [1.82, 2.24) is 14.8 Å².